The molecule has 1 aliphatic rings. The van der Waals surface area contributed by atoms with Crippen LogP contribution in [0.1, 0.15) is 37.0 Å². The molecule has 4 heteroatoms. The predicted molar refractivity (Wildman–Crippen MR) is 92.2 cm³/mol. The lowest BCUT2D eigenvalue weighted by molar-refractivity contribution is -0.139. The van der Waals surface area contributed by atoms with E-state index in [4.69, 9.17) is 0 Å². The Morgan fingerprint density at radius 1 is 1.00 bits per heavy atom. The highest BCUT2D eigenvalue weighted by Gasteiger charge is 2.24. The molecule has 0 aromatic heterocycles. The van der Waals surface area contributed by atoms with Crippen LogP contribution in [0.4, 0.5) is 0 Å². The summed E-state index contributed by atoms with van der Waals surface area (Å²) in [5.74, 6) is 0.753. The summed E-state index contributed by atoms with van der Waals surface area (Å²) in [6, 6.07) is 6.23. The molecule has 1 heterocycles. The molecular formula is C19H28N2O2. The van der Waals surface area contributed by atoms with E-state index in [-0.39, 0.29) is 11.8 Å². The molecule has 4 nitrogen and oxygen atoms in total. The third-order valence-electron chi connectivity index (χ3n) is 4.41. The van der Waals surface area contributed by atoms with Gasteiger partial charge in [0.2, 0.25) is 11.8 Å². The monoisotopic (exact) mass is 316 g/mol. The van der Waals surface area contributed by atoms with E-state index in [1.807, 2.05) is 23.6 Å². The lowest BCUT2D eigenvalue weighted by atomic mass is 10.0. The summed E-state index contributed by atoms with van der Waals surface area (Å²) in [4.78, 5) is 28.4. The number of nitrogens with zero attached hydrogens (tertiary/aromatic N) is 2. The largest absolute Gasteiger partial charge is 0.339 e. The van der Waals surface area contributed by atoms with Crippen molar-refractivity contribution in [2.75, 3.05) is 26.2 Å². The van der Waals surface area contributed by atoms with Crippen LogP contribution in [0.15, 0.2) is 18.2 Å². The van der Waals surface area contributed by atoms with E-state index in [2.05, 4.69) is 32.0 Å². The Morgan fingerprint density at radius 2 is 1.57 bits per heavy atom. The average molecular weight is 316 g/mol. The number of piperazine rings is 1. The van der Waals surface area contributed by atoms with E-state index < -0.39 is 0 Å². The lowest BCUT2D eigenvalue weighted by Crippen LogP contribution is -2.51. The van der Waals surface area contributed by atoms with Crippen LogP contribution in [0.2, 0.25) is 0 Å². The van der Waals surface area contributed by atoms with Gasteiger partial charge in [0, 0.05) is 32.6 Å². The molecule has 2 rings (SSSR count). The molecule has 1 aromatic carbocycles. The molecule has 1 aliphatic heterocycles. The van der Waals surface area contributed by atoms with Gasteiger partial charge in [-0.25, -0.2) is 0 Å². The van der Waals surface area contributed by atoms with Crippen LogP contribution in [0.25, 0.3) is 0 Å². The first-order valence-electron chi connectivity index (χ1n) is 8.48. The maximum atomic E-state index is 12.5. The first-order chi connectivity index (χ1) is 10.9. The fourth-order valence-electron chi connectivity index (χ4n) is 2.95. The minimum absolute atomic E-state index is 0.162. The van der Waals surface area contributed by atoms with Crippen molar-refractivity contribution in [3.8, 4) is 0 Å². The molecule has 0 unspecified atom stereocenters. The Balaban J connectivity index is 1.88. The van der Waals surface area contributed by atoms with Gasteiger partial charge in [0.25, 0.3) is 0 Å². The first-order valence-corrected chi connectivity index (χ1v) is 8.48. The first kappa shape index (κ1) is 17.5. The van der Waals surface area contributed by atoms with Crippen LogP contribution >= 0.6 is 0 Å². The highest BCUT2D eigenvalue weighted by molar-refractivity contribution is 5.80. The maximum absolute atomic E-state index is 12.5. The van der Waals surface area contributed by atoms with Gasteiger partial charge >= 0.3 is 0 Å². The van der Waals surface area contributed by atoms with Crippen LogP contribution in [-0.2, 0) is 16.0 Å². The summed E-state index contributed by atoms with van der Waals surface area (Å²) in [5.41, 5.74) is 3.45. The minimum Gasteiger partial charge on any atom is -0.339 e. The fourth-order valence-corrected chi connectivity index (χ4v) is 2.95. The molecule has 126 valence electrons. The Hall–Kier alpha value is -1.84. The minimum atomic E-state index is 0.162. The number of amides is 2. The molecule has 0 atom stereocenters. The second-order valence-electron chi connectivity index (χ2n) is 6.97. The number of carbonyl (C=O) groups is 2. The maximum Gasteiger partial charge on any atom is 0.227 e. The quantitative estimate of drug-likeness (QED) is 0.856. The molecule has 1 aromatic rings. The predicted octanol–water partition coefficient (Wildman–Crippen LogP) is 2.56. The Labute approximate surface area is 139 Å². The van der Waals surface area contributed by atoms with Crippen LogP contribution in [0.5, 0.6) is 0 Å². The molecular weight excluding hydrogens is 288 g/mol. The molecule has 1 fully saturated rings. The highest BCUT2D eigenvalue weighted by Crippen LogP contribution is 2.14. The zero-order chi connectivity index (χ0) is 17.0. The van der Waals surface area contributed by atoms with Gasteiger partial charge in [-0.1, -0.05) is 37.6 Å². The van der Waals surface area contributed by atoms with Crippen LogP contribution in [-0.4, -0.2) is 47.8 Å². The molecule has 0 spiro atoms. The van der Waals surface area contributed by atoms with Crippen molar-refractivity contribution in [1.29, 1.82) is 0 Å². The molecule has 0 N–H and O–H groups in total. The number of rotatable bonds is 4. The summed E-state index contributed by atoms with van der Waals surface area (Å²) >= 11 is 0. The van der Waals surface area contributed by atoms with Crippen molar-refractivity contribution in [1.82, 2.24) is 9.80 Å². The van der Waals surface area contributed by atoms with Gasteiger partial charge in [0.05, 0.1) is 6.42 Å². The summed E-state index contributed by atoms with van der Waals surface area (Å²) < 4.78 is 0. The summed E-state index contributed by atoms with van der Waals surface area (Å²) in [7, 11) is 0. The van der Waals surface area contributed by atoms with Crippen LogP contribution in [0.3, 0.4) is 0 Å². The van der Waals surface area contributed by atoms with Gasteiger partial charge in [0.1, 0.15) is 0 Å². The van der Waals surface area contributed by atoms with Crippen molar-refractivity contribution in [3.63, 3.8) is 0 Å². The number of hydrogen-bond donors (Lipinski definition) is 0. The normalized spacial score (nSPS) is 15.2. The molecule has 0 radical (unpaired) electrons. The average Bonchev–Trinajstić information content (AvgIpc) is 2.50. The zero-order valence-electron chi connectivity index (χ0n) is 14.8. The summed E-state index contributed by atoms with van der Waals surface area (Å²) in [6.07, 6.45) is 1.05. The number of benzene rings is 1. The molecule has 23 heavy (non-hydrogen) atoms. The van der Waals surface area contributed by atoms with Gasteiger partial charge in [-0.15, -0.1) is 0 Å². The molecule has 2 amide bonds. The summed E-state index contributed by atoms with van der Waals surface area (Å²) in [6.45, 7) is 10.8. The zero-order valence-corrected chi connectivity index (χ0v) is 14.8. The second-order valence-corrected chi connectivity index (χ2v) is 6.97. The topological polar surface area (TPSA) is 40.6 Å². The van der Waals surface area contributed by atoms with Gasteiger partial charge < -0.3 is 9.80 Å². The highest BCUT2D eigenvalue weighted by atomic mass is 16.2. The van der Waals surface area contributed by atoms with E-state index in [1.165, 1.54) is 5.56 Å². The van der Waals surface area contributed by atoms with Crippen molar-refractivity contribution >= 4 is 11.8 Å². The van der Waals surface area contributed by atoms with Crippen LogP contribution in [0, 0.1) is 19.8 Å². The van der Waals surface area contributed by atoms with Gasteiger partial charge in [-0.05, 0) is 30.9 Å². The van der Waals surface area contributed by atoms with E-state index in [9.17, 15) is 9.59 Å². The third kappa shape index (κ3) is 4.81. The van der Waals surface area contributed by atoms with E-state index in [0.29, 0.717) is 44.9 Å². The molecule has 0 aliphatic carbocycles. The molecule has 1 saturated heterocycles. The number of hydrogen-bond acceptors (Lipinski definition) is 2. The smallest absolute Gasteiger partial charge is 0.227 e. The van der Waals surface area contributed by atoms with Gasteiger partial charge in [-0.3, -0.25) is 9.59 Å². The Morgan fingerprint density at radius 3 is 2.13 bits per heavy atom. The van der Waals surface area contributed by atoms with Crippen LogP contribution < -0.4 is 0 Å². The van der Waals surface area contributed by atoms with Crippen molar-refractivity contribution in [2.45, 2.75) is 40.5 Å². The SMILES string of the molecule is Cc1ccc(C)c(CC(=O)N2CCN(C(=O)CC(C)C)CC2)c1. The number of aryl methyl sites for hydroxylation is 2. The van der Waals surface area contributed by atoms with Crippen molar-refractivity contribution in [2.24, 2.45) is 5.92 Å². The van der Waals surface area contributed by atoms with E-state index in [1.54, 1.807) is 0 Å². The molecule has 0 bridgehead atoms. The summed E-state index contributed by atoms with van der Waals surface area (Å²) in [5, 5.41) is 0. The van der Waals surface area contributed by atoms with Crippen molar-refractivity contribution < 1.29 is 9.59 Å². The van der Waals surface area contributed by atoms with Gasteiger partial charge in [-0.2, -0.15) is 0 Å². The molecule has 0 saturated carbocycles. The van der Waals surface area contributed by atoms with E-state index in [0.717, 1.165) is 11.1 Å². The van der Waals surface area contributed by atoms with E-state index >= 15 is 0 Å². The Bertz CT molecular complexity index is 573. The number of carbonyl (C=O) groups excluding carboxylic acids is 2. The Kier molecular flexibility index (Phi) is 5.80. The lowest BCUT2D eigenvalue weighted by Gasteiger charge is -2.35. The van der Waals surface area contributed by atoms with Crippen molar-refractivity contribution in [3.05, 3.63) is 34.9 Å². The third-order valence-corrected chi connectivity index (χ3v) is 4.41. The standard InChI is InChI=1S/C19H28N2O2/c1-14(2)11-18(22)20-7-9-21(10-8-20)19(23)13-17-12-15(3)5-6-16(17)4/h5-6,12,14H,7-11,13H2,1-4H3. The van der Waals surface area contributed by atoms with Gasteiger partial charge in [0.15, 0.2) is 0 Å². The second kappa shape index (κ2) is 7.62. The fraction of sp³-hybridized carbons (Fsp3) is 0.579.